The summed E-state index contributed by atoms with van der Waals surface area (Å²) in [7, 11) is -6.63. The van der Waals surface area contributed by atoms with E-state index in [1.807, 2.05) is 0 Å². The van der Waals surface area contributed by atoms with Gasteiger partial charge in [-0.2, -0.15) is 16.8 Å². The minimum absolute atomic E-state index is 0.178. The second-order valence-electron chi connectivity index (χ2n) is 6.10. The molecule has 0 aliphatic rings. The van der Waals surface area contributed by atoms with Crippen molar-refractivity contribution in [3.63, 3.8) is 0 Å². The summed E-state index contributed by atoms with van der Waals surface area (Å²) in [6.07, 6.45) is 0. The molecule has 0 aliphatic carbocycles. The van der Waals surface area contributed by atoms with Gasteiger partial charge in [0.1, 0.15) is 27.8 Å². The molecule has 1 unspecified atom stereocenters. The minimum Gasteiger partial charge on any atom is -0.496 e. The van der Waals surface area contributed by atoms with Crippen LogP contribution in [0.4, 0.5) is 11.4 Å². The molecular weight excluding hydrogens is 504 g/mol. The van der Waals surface area contributed by atoms with Crippen molar-refractivity contribution in [3.05, 3.63) is 35.9 Å². The molecule has 182 valence electrons. The van der Waals surface area contributed by atoms with Gasteiger partial charge in [-0.05, 0) is 36.8 Å². The van der Waals surface area contributed by atoms with Crippen molar-refractivity contribution in [1.82, 2.24) is 0 Å². The van der Waals surface area contributed by atoms with Gasteiger partial charge in [0.2, 0.25) is 0 Å². The Labute approximate surface area is 192 Å². The van der Waals surface area contributed by atoms with E-state index in [0.717, 1.165) is 17.7 Å². The summed E-state index contributed by atoms with van der Waals surface area (Å²) >= 11 is -2.26. The Kier molecular flexibility index (Phi) is 9.01. The van der Waals surface area contributed by atoms with E-state index in [1.165, 1.54) is 26.4 Å². The summed E-state index contributed by atoms with van der Waals surface area (Å²) in [6.45, 7) is 0.641. The molecule has 1 atom stereocenters. The van der Waals surface area contributed by atoms with Crippen molar-refractivity contribution < 1.29 is 48.0 Å². The molecule has 16 heteroatoms. The lowest BCUT2D eigenvalue weighted by atomic mass is 10.2. The monoisotopic (exact) mass is 524 g/mol. The number of aryl methyl sites for hydroxylation is 1. The van der Waals surface area contributed by atoms with Crippen molar-refractivity contribution in [2.45, 2.75) is 16.7 Å². The zero-order valence-electron chi connectivity index (χ0n) is 17.5. The Morgan fingerprint density at radius 2 is 1.55 bits per heavy atom. The van der Waals surface area contributed by atoms with E-state index >= 15 is 0 Å². The van der Waals surface area contributed by atoms with E-state index in [2.05, 4.69) is 14.4 Å². The summed E-state index contributed by atoms with van der Waals surface area (Å²) < 4.78 is 94.1. The molecule has 0 amide bonds. The van der Waals surface area contributed by atoms with Crippen LogP contribution >= 0.6 is 0 Å². The van der Waals surface area contributed by atoms with Crippen molar-refractivity contribution in [1.29, 1.82) is 0 Å². The van der Waals surface area contributed by atoms with E-state index in [-0.39, 0.29) is 16.3 Å². The van der Waals surface area contributed by atoms with Crippen LogP contribution in [0.2, 0.25) is 0 Å². The molecule has 0 fully saturated rings. The molecule has 2 aromatic rings. The summed E-state index contributed by atoms with van der Waals surface area (Å²) in [4.78, 5) is -0.879. The van der Waals surface area contributed by atoms with Gasteiger partial charge in [-0.25, -0.2) is 8.39 Å². The fourth-order valence-electron chi connectivity index (χ4n) is 2.42. The number of azo groups is 1. The summed E-state index contributed by atoms with van der Waals surface area (Å²) in [6, 6.07) is 6.37. The first kappa shape index (κ1) is 26.8. The third kappa shape index (κ3) is 7.81. The highest BCUT2D eigenvalue weighted by molar-refractivity contribution is 7.86. The molecular formula is C17H20N2O11S3. The Morgan fingerprint density at radius 3 is 2.12 bits per heavy atom. The average Bonchev–Trinajstić information content (AvgIpc) is 2.74. The fraction of sp³-hybridized carbons (Fsp3) is 0.294. The van der Waals surface area contributed by atoms with Gasteiger partial charge in [0.25, 0.3) is 10.1 Å². The van der Waals surface area contributed by atoms with Gasteiger partial charge < -0.3 is 9.47 Å². The van der Waals surface area contributed by atoms with Crippen molar-refractivity contribution >= 4 is 43.0 Å². The van der Waals surface area contributed by atoms with Crippen molar-refractivity contribution in [2.24, 2.45) is 10.2 Å². The Hall–Kier alpha value is -2.47. The maximum Gasteiger partial charge on any atom is 0.397 e. The summed E-state index contributed by atoms with van der Waals surface area (Å²) in [5.41, 5.74) is 0.714. The zero-order valence-corrected chi connectivity index (χ0v) is 19.9. The van der Waals surface area contributed by atoms with Gasteiger partial charge in [-0.3, -0.25) is 13.3 Å². The third-order valence-corrected chi connectivity index (χ3v) is 6.24. The molecule has 0 saturated heterocycles. The number of rotatable bonds is 11. The standard InChI is InChI=1S/C17H20N2O11S3/c1-11-8-16(28-3)14(10-15(11)27-2)19-18-13-5-4-12(9-17(13)32(21,22)23)31(20)29-6-7-30-33(24,25)26/h4-5,8-10H,6-7H2,1-3H3,(H,21,22,23)(H,24,25,26). The summed E-state index contributed by atoms with van der Waals surface area (Å²) in [5.74, 6) is 0.823. The van der Waals surface area contributed by atoms with Crippen molar-refractivity contribution in [2.75, 3.05) is 27.4 Å². The van der Waals surface area contributed by atoms with Gasteiger partial charge >= 0.3 is 10.4 Å². The van der Waals surface area contributed by atoms with Crippen LogP contribution in [-0.4, -0.2) is 57.6 Å². The van der Waals surface area contributed by atoms with Crippen LogP contribution in [-0.2, 0) is 40.0 Å². The fourth-order valence-corrected chi connectivity index (χ4v) is 4.18. The molecule has 33 heavy (non-hydrogen) atoms. The average molecular weight is 525 g/mol. The van der Waals surface area contributed by atoms with E-state index in [4.69, 9.17) is 18.2 Å². The van der Waals surface area contributed by atoms with Crippen LogP contribution in [0.5, 0.6) is 11.5 Å². The van der Waals surface area contributed by atoms with Crippen LogP contribution < -0.4 is 9.47 Å². The highest BCUT2D eigenvalue weighted by Gasteiger charge is 2.19. The van der Waals surface area contributed by atoms with E-state index in [1.54, 1.807) is 13.0 Å². The van der Waals surface area contributed by atoms with Gasteiger partial charge in [0.05, 0.1) is 32.3 Å². The highest BCUT2D eigenvalue weighted by atomic mass is 32.3. The minimum atomic E-state index is -4.81. The SMILES string of the molecule is COc1cc(N=Nc2ccc(S(=O)OCCOS(=O)(=O)O)cc2S(=O)(=O)O)c(OC)cc1C. The molecule has 0 spiro atoms. The highest BCUT2D eigenvalue weighted by Crippen LogP contribution is 2.36. The molecule has 0 radical (unpaired) electrons. The lowest BCUT2D eigenvalue weighted by Crippen LogP contribution is -2.11. The number of nitrogens with zero attached hydrogens (tertiary/aromatic N) is 2. The maximum absolute atomic E-state index is 12.2. The third-order valence-electron chi connectivity index (χ3n) is 3.87. The van der Waals surface area contributed by atoms with Gasteiger partial charge in [-0.15, -0.1) is 10.2 Å². The summed E-state index contributed by atoms with van der Waals surface area (Å²) in [5, 5.41) is 7.83. The Balaban J connectivity index is 2.33. The molecule has 2 rings (SSSR count). The maximum atomic E-state index is 12.2. The van der Waals surface area contributed by atoms with Gasteiger partial charge in [0.15, 0.2) is 11.1 Å². The molecule has 2 N–H and O–H groups in total. The van der Waals surface area contributed by atoms with Crippen molar-refractivity contribution in [3.8, 4) is 11.5 Å². The lowest BCUT2D eigenvalue weighted by molar-refractivity contribution is 0.212. The largest absolute Gasteiger partial charge is 0.496 e. The molecule has 0 aromatic heterocycles. The Bertz CT molecular complexity index is 1280. The smallest absolute Gasteiger partial charge is 0.397 e. The first-order valence-electron chi connectivity index (χ1n) is 8.78. The number of benzene rings is 2. The Morgan fingerprint density at radius 1 is 0.909 bits per heavy atom. The van der Waals surface area contributed by atoms with Crippen LogP contribution in [0, 0.1) is 6.92 Å². The number of hydrogen-bond donors (Lipinski definition) is 2. The molecule has 13 nitrogen and oxygen atoms in total. The molecule has 0 aliphatic heterocycles. The molecule has 0 heterocycles. The van der Waals surface area contributed by atoms with E-state index < -0.39 is 49.7 Å². The number of hydrogen-bond acceptors (Lipinski definition) is 11. The second-order valence-corrected chi connectivity index (χ2v) is 9.76. The zero-order chi connectivity index (χ0) is 24.8. The quantitative estimate of drug-likeness (QED) is 0.250. The first-order chi connectivity index (χ1) is 15.4. The topological polar surface area (TPSA) is 187 Å². The number of methoxy groups -OCH3 is 2. The lowest BCUT2D eigenvalue weighted by Gasteiger charge is -2.10. The molecule has 0 saturated carbocycles. The van der Waals surface area contributed by atoms with E-state index in [0.29, 0.717) is 11.5 Å². The van der Waals surface area contributed by atoms with Gasteiger partial charge in [0, 0.05) is 6.07 Å². The predicted molar refractivity (Wildman–Crippen MR) is 115 cm³/mol. The van der Waals surface area contributed by atoms with Crippen LogP contribution in [0.15, 0.2) is 50.4 Å². The normalized spacial score (nSPS) is 13.2. The van der Waals surface area contributed by atoms with Gasteiger partial charge in [-0.1, -0.05) is 0 Å². The van der Waals surface area contributed by atoms with Crippen LogP contribution in [0.25, 0.3) is 0 Å². The predicted octanol–water partition coefficient (Wildman–Crippen LogP) is 2.53. The van der Waals surface area contributed by atoms with E-state index in [9.17, 15) is 25.6 Å². The molecule has 0 bridgehead atoms. The molecule has 2 aromatic carbocycles. The first-order valence-corrected chi connectivity index (χ1v) is 12.7. The number of ether oxygens (including phenoxy) is 2. The second kappa shape index (κ2) is 11.1. The van der Waals surface area contributed by atoms with Crippen LogP contribution in [0.3, 0.4) is 0 Å². The van der Waals surface area contributed by atoms with Crippen LogP contribution in [0.1, 0.15) is 5.56 Å².